The van der Waals surface area contributed by atoms with E-state index in [0.29, 0.717) is 29.5 Å². The molecule has 0 saturated heterocycles. The zero-order valence-corrected chi connectivity index (χ0v) is 11.2. The van der Waals surface area contributed by atoms with Crippen LogP contribution in [0.4, 0.5) is 0 Å². The SMILES string of the molecule is CCCn1c(=O)[nH]c(=O)c2[nH]c(C(C)C3CC3)nc21. The monoisotopic (exact) mass is 262 g/mol. The number of fused-ring (bicyclic) bond motifs is 1. The Morgan fingerprint density at radius 2 is 2.11 bits per heavy atom. The van der Waals surface area contributed by atoms with Crippen LogP contribution in [0, 0.1) is 5.92 Å². The fourth-order valence-corrected chi connectivity index (χ4v) is 2.53. The number of H-pyrrole nitrogens is 2. The summed E-state index contributed by atoms with van der Waals surface area (Å²) in [5.74, 6) is 1.79. The van der Waals surface area contributed by atoms with Crippen LogP contribution in [0.5, 0.6) is 0 Å². The van der Waals surface area contributed by atoms with E-state index in [1.165, 1.54) is 17.4 Å². The zero-order chi connectivity index (χ0) is 13.6. The lowest BCUT2D eigenvalue weighted by Gasteiger charge is -2.04. The molecule has 0 amide bonds. The molecule has 0 bridgehead atoms. The molecule has 0 aromatic carbocycles. The minimum Gasteiger partial charge on any atom is -0.336 e. The number of aromatic amines is 2. The van der Waals surface area contributed by atoms with Gasteiger partial charge in [0.1, 0.15) is 11.3 Å². The van der Waals surface area contributed by atoms with Gasteiger partial charge in [-0.15, -0.1) is 0 Å². The normalized spacial score (nSPS) is 16.9. The second kappa shape index (κ2) is 4.36. The molecule has 102 valence electrons. The molecule has 1 unspecified atom stereocenters. The number of hydrogen-bond donors (Lipinski definition) is 2. The summed E-state index contributed by atoms with van der Waals surface area (Å²) >= 11 is 0. The number of nitrogens with one attached hydrogen (secondary N) is 2. The van der Waals surface area contributed by atoms with Crippen molar-refractivity contribution in [2.75, 3.05) is 0 Å². The van der Waals surface area contributed by atoms with Gasteiger partial charge >= 0.3 is 5.69 Å². The van der Waals surface area contributed by atoms with E-state index < -0.39 is 0 Å². The molecule has 1 aliphatic rings. The summed E-state index contributed by atoms with van der Waals surface area (Å²) in [6, 6.07) is 0. The van der Waals surface area contributed by atoms with Gasteiger partial charge in [-0.1, -0.05) is 13.8 Å². The fourth-order valence-electron chi connectivity index (χ4n) is 2.53. The highest BCUT2D eigenvalue weighted by molar-refractivity contribution is 5.69. The Hall–Kier alpha value is -1.85. The molecule has 1 atom stereocenters. The predicted octanol–water partition coefficient (Wildman–Crippen LogP) is 1.34. The molecule has 0 radical (unpaired) electrons. The van der Waals surface area contributed by atoms with Crippen molar-refractivity contribution in [1.82, 2.24) is 19.5 Å². The Morgan fingerprint density at radius 3 is 2.74 bits per heavy atom. The van der Waals surface area contributed by atoms with Crippen LogP contribution in [-0.2, 0) is 6.54 Å². The Morgan fingerprint density at radius 1 is 1.37 bits per heavy atom. The van der Waals surface area contributed by atoms with Gasteiger partial charge in [-0.05, 0) is 25.2 Å². The van der Waals surface area contributed by atoms with Gasteiger partial charge in [-0.25, -0.2) is 9.78 Å². The molecule has 6 nitrogen and oxygen atoms in total. The van der Waals surface area contributed by atoms with Gasteiger partial charge in [0.25, 0.3) is 5.56 Å². The standard InChI is InChI=1S/C13H18N4O2/c1-3-6-17-11-9(12(18)16-13(17)19)14-10(15-11)7(2)8-4-5-8/h7-8H,3-6H2,1-2H3,(H,14,15)(H,16,18,19). The van der Waals surface area contributed by atoms with E-state index in [4.69, 9.17) is 0 Å². The average molecular weight is 262 g/mol. The number of nitrogens with zero attached hydrogens (tertiary/aromatic N) is 2. The Kier molecular flexibility index (Phi) is 2.80. The maximum absolute atomic E-state index is 11.8. The third-order valence-corrected chi connectivity index (χ3v) is 3.86. The van der Waals surface area contributed by atoms with Crippen LogP contribution in [0.15, 0.2) is 9.59 Å². The van der Waals surface area contributed by atoms with Crippen molar-refractivity contribution in [2.45, 2.75) is 45.6 Å². The number of aromatic nitrogens is 4. The van der Waals surface area contributed by atoms with Gasteiger partial charge in [0, 0.05) is 12.5 Å². The number of imidazole rings is 1. The number of hydrogen-bond acceptors (Lipinski definition) is 3. The molecule has 6 heteroatoms. The van der Waals surface area contributed by atoms with Gasteiger partial charge in [0.2, 0.25) is 0 Å². The lowest BCUT2D eigenvalue weighted by Crippen LogP contribution is -2.30. The molecule has 1 fully saturated rings. The molecule has 0 spiro atoms. The summed E-state index contributed by atoms with van der Waals surface area (Å²) in [5.41, 5.74) is 0.138. The molecule has 1 aliphatic carbocycles. The summed E-state index contributed by atoms with van der Waals surface area (Å²) in [6.45, 7) is 4.67. The molecule has 19 heavy (non-hydrogen) atoms. The summed E-state index contributed by atoms with van der Waals surface area (Å²) in [7, 11) is 0. The first-order valence-electron chi connectivity index (χ1n) is 6.84. The molecular weight excluding hydrogens is 244 g/mol. The quantitative estimate of drug-likeness (QED) is 0.872. The Balaban J connectivity index is 2.19. The molecule has 2 heterocycles. The van der Waals surface area contributed by atoms with Gasteiger partial charge in [0.15, 0.2) is 5.65 Å². The van der Waals surface area contributed by atoms with Gasteiger partial charge in [-0.2, -0.15) is 0 Å². The van der Waals surface area contributed by atoms with Crippen molar-refractivity contribution < 1.29 is 0 Å². The van der Waals surface area contributed by atoms with Crippen molar-refractivity contribution in [3.8, 4) is 0 Å². The van der Waals surface area contributed by atoms with Crippen molar-refractivity contribution in [3.05, 3.63) is 26.7 Å². The van der Waals surface area contributed by atoms with Crippen LogP contribution >= 0.6 is 0 Å². The maximum Gasteiger partial charge on any atom is 0.330 e. The van der Waals surface area contributed by atoms with Crippen LogP contribution in [0.25, 0.3) is 11.2 Å². The molecule has 2 N–H and O–H groups in total. The van der Waals surface area contributed by atoms with Crippen LogP contribution < -0.4 is 11.2 Å². The summed E-state index contributed by atoms with van der Waals surface area (Å²) < 4.78 is 1.54. The van der Waals surface area contributed by atoms with E-state index in [1.54, 1.807) is 0 Å². The first kappa shape index (κ1) is 12.2. The summed E-state index contributed by atoms with van der Waals surface area (Å²) in [4.78, 5) is 33.6. The molecule has 3 rings (SSSR count). The minimum absolute atomic E-state index is 0.317. The lowest BCUT2D eigenvalue weighted by atomic mass is 10.1. The largest absolute Gasteiger partial charge is 0.336 e. The third-order valence-electron chi connectivity index (χ3n) is 3.86. The van der Waals surface area contributed by atoms with Crippen LogP contribution in [0.1, 0.15) is 44.9 Å². The highest BCUT2D eigenvalue weighted by Crippen LogP contribution is 2.41. The van der Waals surface area contributed by atoms with E-state index in [-0.39, 0.29) is 11.2 Å². The highest BCUT2D eigenvalue weighted by Gasteiger charge is 2.31. The fraction of sp³-hybridized carbons (Fsp3) is 0.615. The molecule has 0 aliphatic heterocycles. The van der Waals surface area contributed by atoms with E-state index in [1.807, 2.05) is 6.92 Å². The van der Waals surface area contributed by atoms with E-state index in [0.717, 1.165) is 12.2 Å². The van der Waals surface area contributed by atoms with Crippen molar-refractivity contribution in [1.29, 1.82) is 0 Å². The average Bonchev–Trinajstić information content (AvgIpc) is 3.12. The van der Waals surface area contributed by atoms with E-state index in [2.05, 4.69) is 21.9 Å². The highest BCUT2D eigenvalue weighted by atomic mass is 16.2. The van der Waals surface area contributed by atoms with Crippen molar-refractivity contribution in [2.24, 2.45) is 5.92 Å². The van der Waals surface area contributed by atoms with E-state index in [9.17, 15) is 9.59 Å². The Bertz CT molecular complexity index is 720. The first-order chi connectivity index (χ1) is 9.11. The van der Waals surface area contributed by atoms with Gasteiger partial charge < -0.3 is 4.98 Å². The molecular formula is C13H18N4O2. The van der Waals surface area contributed by atoms with Crippen molar-refractivity contribution in [3.63, 3.8) is 0 Å². The topological polar surface area (TPSA) is 83.5 Å². The summed E-state index contributed by atoms with van der Waals surface area (Å²) in [6.07, 6.45) is 3.26. The zero-order valence-electron chi connectivity index (χ0n) is 11.2. The molecule has 1 saturated carbocycles. The summed E-state index contributed by atoms with van der Waals surface area (Å²) in [5, 5.41) is 0. The predicted molar refractivity (Wildman–Crippen MR) is 72.4 cm³/mol. The van der Waals surface area contributed by atoms with Gasteiger partial charge in [0.05, 0.1) is 0 Å². The molecule has 2 aromatic heterocycles. The van der Waals surface area contributed by atoms with Crippen LogP contribution in [-0.4, -0.2) is 19.5 Å². The second-order valence-corrected chi connectivity index (χ2v) is 5.36. The maximum atomic E-state index is 11.8. The smallest absolute Gasteiger partial charge is 0.330 e. The second-order valence-electron chi connectivity index (χ2n) is 5.36. The third kappa shape index (κ3) is 2.01. The van der Waals surface area contributed by atoms with Crippen LogP contribution in [0.3, 0.4) is 0 Å². The van der Waals surface area contributed by atoms with Crippen LogP contribution in [0.2, 0.25) is 0 Å². The minimum atomic E-state index is -0.380. The molecule has 2 aromatic rings. The Labute approximate surface area is 109 Å². The lowest BCUT2D eigenvalue weighted by molar-refractivity contribution is 0.625. The van der Waals surface area contributed by atoms with Crippen molar-refractivity contribution >= 4 is 11.2 Å². The first-order valence-corrected chi connectivity index (χ1v) is 6.84. The van der Waals surface area contributed by atoms with Gasteiger partial charge in [-0.3, -0.25) is 14.3 Å². The van der Waals surface area contributed by atoms with E-state index >= 15 is 0 Å². The number of rotatable bonds is 4. The number of aryl methyl sites for hydroxylation is 1.